The molecule has 1 aliphatic heterocycles. The van der Waals surface area contributed by atoms with Crippen molar-refractivity contribution in [1.29, 1.82) is 0 Å². The van der Waals surface area contributed by atoms with E-state index in [2.05, 4.69) is 13.8 Å². The first kappa shape index (κ1) is 14.1. The first-order valence-corrected chi connectivity index (χ1v) is 7.51. The van der Waals surface area contributed by atoms with Crippen molar-refractivity contribution in [2.45, 2.75) is 64.4 Å². The van der Waals surface area contributed by atoms with Crippen molar-refractivity contribution >= 4 is 11.0 Å². The van der Waals surface area contributed by atoms with E-state index in [4.69, 9.17) is 0 Å². The second-order valence-corrected chi connectivity index (χ2v) is 7.04. The first-order chi connectivity index (χ1) is 7.49. The lowest BCUT2D eigenvalue weighted by molar-refractivity contribution is 0.00944. The van der Waals surface area contributed by atoms with E-state index in [-0.39, 0.29) is 17.4 Å². The highest BCUT2D eigenvalue weighted by atomic mass is 32.2. The summed E-state index contributed by atoms with van der Waals surface area (Å²) in [6, 6.07) is 0.0805. The third-order valence-electron chi connectivity index (χ3n) is 3.37. The summed E-state index contributed by atoms with van der Waals surface area (Å²) in [6.45, 7) is 9.01. The summed E-state index contributed by atoms with van der Waals surface area (Å²) in [5.74, 6) is 0.331. The Morgan fingerprint density at radius 3 is 2.62 bits per heavy atom. The summed E-state index contributed by atoms with van der Waals surface area (Å²) in [7, 11) is -0.952. The van der Waals surface area contributed by atoms with Gasteiger partial charge in [0.25, 0.3) is 0 Å². The molecular weight excluding hydrogens is 222 g/mol. The van der Waals surface area contributed by atoms with Gasteiger partial charge in [-0.3, -0.25) is 0 Å². The average molecular weight is 247 g/mol. The molecule has 0 spiro atoms. The fourth-order valence-electron chi connectivity index (χ4n) is 2.32. The Morgan fingerprint density at radius 2 is 2.12 bits per heavy atom. The van der Waals surface area contributed by atoms with Gasteiger partial charge >= 0.3 is 0 Å². The van der Waals surface area contributed by atoms with Crippen LogP contribution in [0.25, 0.3) is 0 Å². The third-order valence-corrected chi connectivity index (χ3v) is 5.09. The maximum absolute atomic E-state index is 12.2. The van der Waals surface area contributed by atoms with Crippen LogP contribution in [0.5, 0.6) is 0 Å². The van der Waals surface area contributed by atoms with Crippen molar-refractivity contribution in [2.24, 2.45) is 5.92 Å². The maximum Gasteiger partial charge on any atom is 0.0972 e. The molecule has 0 aromatic carbocycles. The van der Waals surface area contributed by atoms with E-state index in [9.17, 15) is 9.32 Å². The molecule has 4 atom stereocenters. The van der Waals surface area contributed by atoms with Crippen molar-refractivity contribution in [3.05, 3.63) is 0 Å². The number of nitrogens with zero attached hydrogens (tertiary/aromatic N) is 1. The standard InChI is InChI=1S/C12H25NO2S/c1-5-6-11-12(14)10(4)7-8-13(11)16(15)9(2)3/h9-12,14H,5-8H2,1-4H3/t10-,11?,12?,16?/m1/s1. The Morgan fingerprint density at radius 1 is 1.50 bits per heavy atom. The van der Waals surface area contributed by atoms with Gasteiger partial charge in [-0.05, 0) is 32.6 Å². The van der Waals surface area contributed by atoms with Crippen LogP contribution < -0.4 is 0 Å². The van der Waals surface area contributed by atoms with Crippen LogP contribution in [0.1, 0.15) is 47.0 Å². The number of piperidine rings is 1. The molecule has 0 aromatic rings. The van der Waals surface area contributed by atoms with E-state index in [1.165, 1.54) is 0 Å². The van der Waals surface area contributed by atoms with Gasteiger partial charge in [0.05, 0.1) is 17.1 Å². The van der Waals surface area contributed by atoms with E-state index in [0.717, 1.165) is 25.8 Å². The summed E-state index contributed by atoms with van der Waals surface area (Å²) in [5, 5.41) is 10.3. The van der Waals surface area contributed by atoms with E-state index in [0.29, 0.717) is 5.92 Å². The Bertz CT molecular complexity index is 245. The van der Waals surface area contributed by atoms with Crippen LogP contribution >= 0.6 is 0 Å². The van der Waals surface area contributed by atoms with Crippen molar-refractivity contribution in [3.63, 3.8) is 0 Å². The highest BCUT2D eigenvalue weighted by molar-refractivity contribution is 7.83. The van der Waals surface area contributed by atoms with Crippen molar-refractivity contribution in [3.8, 4) is 0 Å². The van der Waals surface area contributed by atoms with Gasteiger partial charge in [0.2, 0.25) is 0 Å². The molecule has 1 aliphatic rings. The topological polar surface area (TPSA) is 40.5 Å². The van der Waals surface area contributed by atoms with Crippen molar-refractivity contribution in [2.75, 3.05) is 6.54 Å². The second kappa shape index (κ2) is 6.12. The number of aliphatic hydroxyl groups is 1. The van der Waals surface area contributed by atoms with Gasteiger partial charge in [-0.2, -0.15) is 0 Å². The molecule has 1 N–H and O–H groups in total. The molecule has 3 unspecified atom stereocenters. The lowest BCUT2D eigenvalue weighted by atomic mass is 9.89. The Balaban J connectivity index is 2.77. The summed E-state index contributed by atoms with van der Waals surface area (Å²) in [5.41, 5.74) is 0. The minimum atomic E-state index is -0.952. The van der Waals surface area contributed by atoms with E-state index in [1.54, 1.807) is 0 Å². The fraction of sp³-hybridized carbons (Fsp3) is 1.00. The van der Waals surface area contributed by atoms with Crippen molar-refractivity contribution < 1.29 is 9.32 Å². The first-order valence-electron chi connectivity index (χ1n) is 6.34. The monoisotopic (exact) mass is 247 g/mol. The van der Waals surface area contributed by atoms with Gasteiger partial charge in [-0.1, -0.05) is 20.3 Å². The predicted molar refractivity (Wildman–Crippen MR) is 68.5 cm³/mol. The minimum Gasteiger partial charge on any atom is -0.391 e. The van der Waals surface area contributed by atoms with E-state index < -0.39 is 11.0 Å². The molecule has 1 rings (SSSR count). The molecule has 0 aliphatic carbocycles. The quantitative estimate of drug-likeness (QED) is 0.824. The molecule has 0 aromatic heterocycles. The van der Waals surface area contributed by atoms with Gasteiger partial charge in [0.15, 0.2) is 0 Å². The second-order valence-electron chi connectivity index (χ2n) is 5.08. The lowest BCUT2D eigenvalue weighted by Gasteiger charge is -2.41. The van der Waals surface area contributed by atoms with Crippen LogP contribution in [0.3, 0.4) is 0 Å². The van der Waals surface area contributed by atoms with Gasteiger partial charge in [-0.25, -0.2) is 8.51 Å². The molecule has 1 fully saturated rings. The highest BCUT2D eigenvalue weighted by Gasteiger charge is 2.37. The molecule has 0 amide bonds. The minimum absolute atomic E-state index is 0.0805. The van der Waals surface area contributed by atoms with Crippen LogP contribution in [0.2, 0.25) is 0 Å². The normalized spacial score (nSPS) is 34.2. The summed E-state index contributed by atoms with van der Waals surface area (Å²) in [4.78, 5) is 0. The lowest BCUT2D eigenvalue weighted by Crippen LogP contribution is -2.53. The molecule has 0 saturated carbocycles. The van der Waals surface area contributed by atoms with Crippen LogP contribution in [-0.4, -0.2) is 37.6 Å². The molecule has 1 heterocycles. The van der Waals surface area contributed by atoms with Gasteiger partial charge in [0.1, 0.15) is 0 Å². The molecule has 4 heteroatoms. The van der Waals surface area contributed by atoms with Gasteiger partial charge < -0.3 is 5.11 Å². The summed E-state index contributed by atoms with van der Waals surface area (Å²) >= 11 is 0. The zero-order valence-corrected chi connectivity index (χ0v) is 11.7. The molecular formula is C12H25NO2S. The number of rotatable bonds is 4. The van der Waals surface area contributed by atoms with Crippen LogP contribution in [0.15, 0.2) is 0 Å². The molecule has 3 nitrogen and oxygen atoms in total. The Labute approximate surface area is 102 Å². The van der Waals surface area contributed by atoms with Crippen LogP contribution in [-0.2, 0) is 11.0 Å². The van der Waals surface area contributed by atoms with Gasteiger partial charge in [0, 0.05) is 17.8 Å². The maximum atomic E-state index is 12.2. The Kier molecular flexibility index (Phi) is 5.41. The molecule has 0 bridgehead atoms. The van der Waals surface area contributed by atoms with Crippen LogP contribution in [0, 0.1) is 5.92 Å². The van der Waals surface area contributed by atoms with E-state index >= 15 is 0 Å². The molecule has 0 radical (unpaired) electrons. The van der Waals surface area contributed by atoms with E-state index in [1.807, 2.05) is 18.2 Å². The molecule has 1 saturated heterocycles. The smallest absolute Gasteiger partial charge is 0.0972 e. The van der Waals surface area contributed by atoms with Crippen LogP contribution in [0.4, 0.5) is 0 Å². The number of hydrogen-bond acceptors (Lipinski definition) is 2. The molecule has 16 heavy (non-hydrogen) atoms. The SMILES string of the molecule is CCCC1C(O)[C@H](C)CCN1S(=O)C(C)C. The number of aliphatic hydroxyl groups excluding tert-OH is 1. The average Bonchev–Trinajstić information content (AvgIpc) is 2.24. The molecule has 96 valence electrons. The number of hydrogen-bond donors (Lipinski definition) is 1. The van der Waals surface area contributed by atoms with Gasteiger partial charge in [-0.15, -0.1) is 0 Å². The third kappa shape index (κ3) is 3.05. The zero-order valence-electron chi connectivity index (χ0n) is 10.8. The largest absolute Gasteiger partial charge is 0.391 e. The summed E-state index contributed by atoms with van der Waals surface area (Å²) in [6.07, 6.45) is 2.58. The Hall–Kier alpha value is 0.0700. The predicted octanol–water partition coefficient (Wildman–Crippen LogP) is 1.93. The van der Waals surface area contributed by atoms with Crippen molar-refractivity contribution in [1.82, 2.24) is 4.31 Å². The fourth-order valence-corrected chi connectivity index (χ4v) is 3.65. The summed E-state index contributed by atoms with van der Waals surface area (Å²) < 4.78 is 14.2. The zero-order chi connectivity index (χ0) is 12.3. The highest BCUT2D eigenvalue weighted by Crippen LogP contribution is 2.28.